The Kier molecular flexibility index (Phi) is 4.94. The highest BCUT2D eigenvalue weighted by atomic mass is 16.5. The summed E-state index contributed by atoms with van der Waals surface area (Å²) in [5.41, 5.74) is 2.07. The molecule has 0 radical (unpaired) electrons. The van der Waals surface area contributed by atoms with Crippen LogP contribution in [0, 0.1) is 11.3 Å². The van der Waals surface area contributed by atoms with Crippen molar-refractivity contribution in [3.63, 3.8) is 0 Å². The number of amides is 1. The lowest BCUT2D eigenvalue weighted by atomic mass is 10.1. The molecule has 0 atom stereocenters. The van der Waals surface area contributed by atoms with Crippen LogP contribution in [0.4, 0.5) is 0 Å². The summed E-state index contributed by atoms with van der Waals surface area (Å²) in [4.78, 5) is 12.2. The number of nitrogens with one attached hydrogen (secondary N) is 1. The Morgan fingerprint density at radius 1 is 1.19 bits per heavy atom. The maximum atomic E-state index is 12.2. The molecule has 21 heavy (non-hydrogen) atoms. The summed E-state index contributed by atoms with van der Waals surface area (Å²) < 4.78 is 5.44. The number of benzene rings is 2. The van der Waals surface area contributed by atoms with Crippen LogP contribution in [-0.4, -0.2) is 12.5 Å². The van der Waals surface area contributed by atoms with E-state index in [4.69, 9.17) is 10.00 Å². The Morgan fingerprint density at radius 3 is 2.57 bits per heavy atom. The Morgan fingerprint density at radius 2 is 1.90 bits per heavy atom. The summed E-state index contributed by atoms with van der Waals surface area (Å²) in [5, 5.41) is 11.6. The number of nitrogens with zero attached hydrogens (tertiary/aromatic N) is 1. The molecule has 0 aliphatic heterocycles. The van der Waals surface area contributed by atoms with Crippen LogP contribution >= 0.6 is 0 Å². The fraction of sp³-hybridized carbons (Fsp3) is 0.176. The SMILES string of the molecule is CCOc1ccccc1C(=O)NCc1ccc(C#N)cc1. The normalized spacial score (nSPS) is 9.71. The molecular formula is C17H16N2O2. The number of hydrogen-bond acceptors (Lipinski definition) is 3. The Bertz CT molecular complexity index is 657. The molecule has 1 N–H and O–H groups in total. The van der Waals surface area contributed by atoms with Crippen molar-refractivity contribution in [1.29, 1.82) is 5.26 Å². The van der Waals surface area contributed by atoms with Crippen molar-refractivity contribution < 1.29 is 9.53 Å². The number of para-hydroxylation sites is 1. The second-order valence-corrected chi connectivity index (χ2v) is 4.42. The van der Waals surface area contributed by atoms with Crippen LogP contribution < -0.4 is 10.1 Å². The molecule has 2 aromatic carbocycles. The molecule has 0 saturated heterocycles. The lowest BCUT2D eigenvalue weighted by Gasteiger charge is -2.10. The molecule has 0 bridgehead atoms. The van der Waals surface area contributed by atoms with Gasteiger partial charge in [-0.15, -0.1) is 0 Å². The summed E-state index contributed by atoms with van der Waals surface area (Å²) in [6.45, 7) is 2.80. The van der Waals surface area contributed by atoms with Gasteiger partial charge < -0.3 is 10.1 Å². The number of ether oxygens (including phenoxy) is 1. The van der Waals surface area contributed by atoms with Crippen molar-refractivity contribution in [3.8, 4) is 11.8 Å². The fourth-order valence-electron chi connectivity index (χ4n) is 1.91. The Labute approximate surface area is 124 Å². The van der Waals surface area contributed by atoms with Gasteiger partial charge in [0.25, 0.3) is 5.91 Å². The average Bonchev–Trinajstić information content (AvgIpc) is 2.54. The van der Waals surface area contributed by atoms with Crippen molar-refractivity contribution in [3.05, 3.63) is 65.2 Å². The molecule has 0 fully saturated rings. The topological polar surface area (TPSA) is 62.1 Å². The van der Waals surface area contributed by atoms with Gasteiger partial charge in [-0.2, -0.15) is 5.26 Å². The van der Waals surface area contributed by atoms with Crippen molar-refractivity contribution in [2.24, 2.45) is 0 Å². The number of nitriles is 1. The van der Waals surface area contributed by atoms with Crippen LogP contribution in [0.25, 0.3) is 0 Å². The van der Waals surface area contributed by atoms with Crippen LogP contribution in [-0.2, 0) is 6.54 Å². The molecule has 4 nitrogen and oxygen atoms in total. The summed E-state index contributed by atoms with van der Waals surface area (Å²) >= 11 is 0. The van der Waals surface area contributed by atoms with E-state index in [-0.39, 0.29) is 5.91 Å². The van der Waals surface area contributed by atoms with Crippen molar-refractivity contribution >= 4 is 5.91 Å². The molecule has 2 rings (SSSR count). The molecule has 0 aliphatic rings. The predicted octanol–water partition coefficient (Wildman–Crippen LogP) is 2.89. The first kappa shape index (κ1) is 14.6. The van der Waals surface area contributed by atoms with E-state index >= 15 is 0 Å². The summed E-state index contributed by atoms with van der Waals surface area (Å²) in [6.07, 6.45) is 0. The second kappa shape index (κ2) is 7.11. The van der Waals surface area contributed by atoms with E-state index < -0.39 is 0 Å². The zero-order chi connectivity index (χ0) is 15.1. The van der Waals surface area contributed by atoms with Crippen LogP contribution in [0.1, 0.15) is 28.4 Å². The lowest BCUT2D eigenvalue weighted by Crippen LogP contribution is -2.23. The highest BCUT2D eigenvalue weighted by molar-refractivity contribution is 5.96. The van der Waals surface area contributed by atoms with E-state index in [1.54, 1.807) is 30.3 Å². The van der Waals surface area contributed by atoms with Crippen molar-refractivity contribution in [1.82, 2.24) is 5.32 Å². The third-order valence-electron chi connectivity index (χ3n) is 2.97. The fourth-order valence-corrected chi connectivity index (χ4v) is 1.91. The third kappa shape index (κ3) is 3.83. The highest BCUT2D eigenvalue weighted by Crippen LogP contribution is 2.17. The molecule has 4 heteroatoms. The van der Waals surface area contributed by atoms with E-state index in [0.29, 0.717) is 30.0 Å². The van der Waals surface area contributed by atoms with E-state index in [1.807, 2.05) is 25.1 Å². The predicted molar refractivity (Wildman–Crippen MR) is 79.9 cm³/mol. The zero-order valence-electron chi connectivity index (χ0n) is 11.8. The standard InChI is InChI=1S/C17H16N2O2/c1-2-21-16-6-4-3-5-15(16)17(20)19-12-14-9-7-13(11-18)8-10-14/h3-10H,2,12H2,1H3,(H,19,20). The van der Waals surface area contributed by atoms with Crippen molar-refractivity contribution in [2.75, 3.05) is 6.61 Å². The van der Waals surface area contributed by atoms with Crippen LogP contribution in [0.2, 0.25) is 0 Å². The number of carbonyl (C=O) groups is 1. The van der Waals surface area contributed by atoms with Gasteiger partial charge in [0.15, 0.2) is 0 Å². The molecule has 0 saturated carbocycles. The third-order valence-corrected chi connectivity index (χ3v) is 2.97. The smallest absolute Gasteiger partial charge is 0.255 e. The zero-order valence-corrected chi connectivity index (χ0v) is 11.8. The van der Waals surface area contributed by atoms with Crippen molar-refractivity contribution in [2.45, 2.75) is 13.5 Å². The first-order chi connectivity index (χ1) is 10.2. The minimum Gasteiger partial charge on any atom is -0.493 e. The number of carbonyl (C=O) groups excluding carboxylic acids is 1. The second-order valence-electron chi connectivity index (χ2n) is 4.42. The van der Waals surface area contributed by atoms with Gasteiger partial charge in [-0.3, -0.25) is 4.79 Å². The number of hydrogen-bond donors (Lipinski definition) is 1. The van der Waals surface area contributed by atoms with Gasteiger partial charge in [0.2, 0.25) is 0 Å². The minimum absolute atomic E-state index is 0.177. The Balaban J connectivity index is 2.03. The van der Waals surface area contributed by atoms with Crippen LogP contribution in [0.5, 0.6) is 5.75 Å². The Hall–Kier alpha value is -2.80. The van der Waals surface area contributed by atoms with Gasteiger partial charge in [0.05, 0.1) is 23.8 Å². The van der Waals surface area contributed by atoms with Gasteiger partial charge in [-0.25, -0.2) is 0 Å². The molecule has 2 aromatic rings. The van der Waals surface area contributed by atoms with Crippen LogP contribution in [0.15, 0.2) is 48.5 Å². The van der Waals surface area contributed by atoms with Gasteiger partial charge in [-0.05, 0) is 36.8 Å². The molecular weight excluding hydrogens is 264 g/mol. The minimum atomic E-state index is -0.177. The molecule has 106 valence electrons. The monoisotopic (exact) mass is 280 g/mol. The highest BCUT2D eigenvalue weighted by Gasteiger charge is 2.11. The summed E-state index contributed by atoms with van der Waals surface area (Å²) in [6, 6.07) is 16.3. The van der Waals surface area contributed by atoms with Gasteiger partial charge >= 0.3 is 0 Å². The van der Waals surface area contributed by atoms with E-state index in [2.05, 4.69) is 11.4 Å². The van der Waals surface area contributed by atoms with Gasteiger partial charge in [0.1, 0.15) is 5.75 Å². The summed E-state index contributed by atoms with van der Waals surface area (Å²) in [7, 11) is 0. The quantitative estimate of drug-likeness (QED) is 0.916. The average molecular weight is 280 g/mol. The number of rotatable bonds is 5. The molecule has 0 unspecified atom stereocenters. The van der Waals surface area contributed by atoms with Gasteiger partial charge in [0, 0.05) is 6.54 Å². The molecule has 0 spiro atoms. The van der Waals surface area contributed by atoms with E-state index in [1.165, 1.54) is 0 Å². The lowest BCUT2D eigenvalue weighted by molar-refractivity contribution is 0.0947. The van der Waals surface area contributed by atoms with Gasteiger partial charge in [-0.1, -0.05) is 24.3 Å². The molecule has 0 heterocycles. The maximum absolute atomic E-state index is 12.2. The molecule has 0 aliphatic carbocycles. The van der Waals surface area contributed by atoms with Crippen LogP contribution in [0.3, 0.4) is 0 Å². The first-order valence-corrected chi connectivity index (χ1v) is 6.73. The summed E-state index contributed by atoms with van der Waals surface area (Å²) in [5.74, 6) is 0.403. The maximum Gasteiger partial charge on any atom is 0.255 e. The largest absolute Gasteiger partial charge is 0.493 e. The molecule has 1 amide bonds. The van der Waals surface area contributed by atoms with E-state index in [9.17, 15) is 4.79 Å². The first-order valence-electron chi connectivity index (χ1n) is 6.73. The van der Waals surface area contributed by atoms with E-state index in [0.717, 1.165) is 5.56 Å². The molecule has 0 aromatic heterocycles.